The number of aryl methyl sites for hydroxylation is 2. The third-order valence-corrected chi connectivity index (χ3v) is 4.84. The quantitative estimate of drug-likeness (QED) is 0.750. The van der Waals surface area contributed by atoms with Crippen LogP contribution >= 0.6 is 0 Å². The normalized spacial score (nSPS) is 14.2. The second-order valence-electron chi connectivity index (χ2n) is 6.79. The Morgan fingerprint density at radius 1 is 0.889 bits per heavy atom. The number of anilines is 3. The Labute approximate surface area is 160 Å². The molecule has 2 heterocycles. The average Bonchev–Trinajstić information content (AvgIpc) is 2.72. The number of rotatable bonds is 4. The van der Waals surface area contributed by atoms with Crippen molar-refractivity contribution in [2.75, 3.05) is 36.5 Å². The van der Waals surface area contributed by atoms with E-state index in [0.717, 1.165) is 49.1 Å². The number of ether oxygens (including phenoxy) is 1. The third-order valence-electron chi connectivity index (χ3n) is 4.84. The monoisotopic (exact) mass is 360 g/mol. The van der Waals surface area contributed by atoms with Gasteiger partial charge in [-0.1, -0.05) is 48.5 Å². The third kappa shape index (κ3) is 3.93. The van der Waals surface area contributed by atoms with E-state index in [1.807, 2.05) is 18.2 Å². The molecular weight excluding hydrogens is 336 g/mol. The van der Waals surface area contributed by atoms with Gasteiger partial charge in [0.2, 0.25) is 5.95 Å². The van der Waals surface area contributed by atoms with Crippen molar-refractivity contribution in [3.8, 4) is 11.3 Å². The van der Waals surface area contributed by atoms with E-state index in [4.69, 9.17) is 14.7 Å². The van der Waals surface area contributed by atoms with Gasteiger partial charge in [0.1, 0.15) is 5.82 Å². The summed E-state index contributed by atoms with van der Waals surface area (Å²) in [7, 11) is 0. The second kappa shape index (κ2) is 7.76. The summed E-state index contributed by atoms with van der Waals surface area (Å²) >= 11 is 0. The smallest absolute Gasteiger partial charge is 0.229 e. The first-order chi connectivity index (χ1) is 13.2. The van der Waals surface area contributed by atoms with Crippen LogP contribution in [0.15, 0.2) is 54.6 Å². The standard InChI is InChI=1S/C22H24N4O/c1-16-7-6-8-17(2)21(16)25-22-23-19(18-9-4-3-5-10-18)15-20(24-22)26-11-13-27-14-12-26/h3-10,15H,11-14H2,1-2H3,(H,23,24,25). The Hall–Kier alpha value is -2.92. The molecule has 27 heavy (non-hydrogen) atoms. The molecule has 0 bridgehead atoms. The fourth-order valence-corrected chi connectivity index (χ4v) is 3.33. The van der Waals surface area contributed by atoms with Gasteiger partial charge in [0, 0.05) is 30.4 Å². The van der Waals surface area contributed by atoms with E-state index in [-0.39, 0.29) is 0 Å². The molecule has 0 saturated carbocycles. The van der Waals surface area contributed by atoms with Gasteiger partial charge in [-0.05, 0) is 25.0 Å². The fraction of sp³-hybridized carbons (Fsp3) is 0.273. The van der Waals surface area contributed by atoms with Crippen LogP contribution in [0.1, 0.15) is 11.1 Å². The molecule has 3 aromatic rings. The molecule has 1 saturated heterocycles. The van der Waals surface area contributed by atoms with E-state index in [1.165, 1.54) is 11.1 Å². The zero-order chi connectivity index (χ0) is 18.6. The number of nitrogens with one attached hydrogen (secondary N) is 1. The van der Waals surface area contributed by atoms with Crippen LogP contribution in [-0.4, -0.2) is 36.3 Å². The molecular formula is C22H24N4O. The van der Waals surface area contributed by atoms with Crippen LogP contribution in [0.2, 0.25) is 0 Å². The zero-order valence-corrected chi connectivity index (χ0v) is 15.8. The molecule has 2 aromatic carbocycles. The highest BCUT2D eigenvalue weighted by molar-refractivity contribution is 5.68. The molecule has 5 nitrogen and oxygen atoms in total. The van der Waals surface area contributed by atoms with Gasteiger partial charge in [-0.2, -0.15) is 4.98 Å². The number of benzene rings is 2. The van der Waals surface area contributed by atoms with Crippen LogP contribution in [0.25, 0.3) is 11.3 Å². The maximum absolute atomic E-state index is 5.49. The molecule has 5 heteroatoms. The van der Waals surface area contributed by atoms with Crippen molar-refractivity contribution in [3.05, 3.63) is 65.7 Å². The van der Waals surface area contributed by atoms with Crippen molar-refractivity contribution in [2.45, 2.75) is 13.8 Å². The van der Waals surface area contributed by atoms with Crippen LogP contribution in [0.4, 0.5) is 17.5 Å². The van der Waals surface area contributed by atoms with E-state index in [2.05, 4.69) is 60.5 Å². The summed E-state index contributed by atoms with van der Waals surface area (Å²) in [5, 5.41) is 3.45. The lowest BCUT2D eigenvalue weighted by Crippen LogP contribution is -2.36. The number of nitrogens with zero attached hydrogens (tertiary/aromatic N) is 3. The minimum Gasteiger partial charge on any atom is -0.378 e. The van der Waals surface area contributed by atoms with E-state index < -0.39 is 0 Å². The molecule has 0 atom stereocenters. The van der Waals surface area contributed by atoms with Gasteiger partial charge in [0.05, 0.1) is 18.9 Å². The van der Waals surface area contributed by atoms with Crippen molar-refractivity contribution >= 4 is 17.5 Å². The summed E-state index contributed by atoms with van der Waals surface area (Å²) in [5.41, 5.74) is 5.42. The lowest BCUT2D eigenvalue weighted by molar-refractivity contribution is 0.122. The number of hydrogen-bond donors (Lipinski definition) is 1. The van der Waals surface area contributed by atoms with Crippen molar-refractivity contribution in [1.82, 2.24) is 9.97 Å². The summed E-state index contributed by atoms with van der Waals surface area (Å²) in [6.45, 7) is 7.33. The molecule has 1 aliphatic heterocycles. The molecule has 1 aliphatic rings. The van der Waals surface area contributed by atoms with Gasteiger partial charge in [0.25, 0.3) is 0 Å². The predicted molar refractivity (Wildman–Crippen MR) is 110 cm³/mol. The maximum atomic E-state index is 5.49. The Bertz CT molecular complexity index is 901. The molecule has 1 N–H and O–H groups in total. The first-order valence-electron chi connectivity index (χ1n) is 9.31. The highest BCUT2D eigenvalue weighted by atomic mass is 16.5. The fourth-order valence-electron chi connectivity index (χ4n) is 3.33. The molecule has 0 amide bonds. The van der Waals surface area contributed by atoms with Gasteiger partial charge in [-0.3, -0.25) is 0 Å². The van der Waals surface area contributed by atoms with E-state index in [1.54, 1.807) is 0 Å². The first kappa shape index (κ1) is 17.5. The van der Waals surface area contributed by atoms with Crippen LogP contribution in [0.5, 0.6) is 0 Å². The SMILES string of the molecule is Cc1cccc(C)c1Nc1nc(-c2ccccc2)cc(N2CCOCC2)n1. The van der Waals surface area contributed by atoms with Crippen LogP contribution in [-0.2, 0) is 4.74 Å². The van der Waals surface area contributed by atoms with Gasteiger partial charge >= 0.3 is 0 Å². The van der Waals surface area contributed by atoms with Crippen LogP contribution in [0, 0.1) is 13.8 Å². The van der Waals surface area contributed by atoms with Gasteiger partial charge in [-0.25, -0.2) is 4.98 Å². The summed E-state index contributed by atoms with van der Waals surface area (Å²) in [6.07, 6.45) is 0. The average molecular weight is 360 g/mol. The largest absolute Gasteiger partial charge is 0.378 e. The minimum atomic E-state index is 0.621. The van der Waals surface area contributed by atoms with Gasteiger partial charge < -0.3 is 15.0 Å². The Kier molecular flexibility index (Phi) is 5.03. The lowest BCUT2D eigenvalue weighted by Gasteiger charge is -2.28. The Morgan fingerprint density at radius 3 is 2.30 bits per heavy atom. The number of aromatic nitrogens is 2. The highest BCUT2D eigenvalue weighted by Crippen LogP contribution is 2.27. The second-order valence-corrected chi connectivity index (χ2v) is 6.79. The predicted octanol–water partition coefficient (Wildman–Crippen LogP) is 4.34. The van der Waals surface area contributed by atoms with E-state index >= 15 is 0 Å². The van der Waals surface area contributed by atoms with Crippen molar-refractivity contribution in [2.24, 2.45) is 0 Å². The van der Waals surface area contributed by atoms with Gasteiger partial charge in [0.15, 0.2) is 0 Å². The zero-order valence-electron chi connectivity index (χ0n) is 15.8. The highest BCUT2D eigenvalue weighted by Gasteiger charge is 2.16. The summed E-state index contributed by atoms with van der Waals surface area (Å²) in [6, 6.07) is 18.6. The molecule has 1 aromatic heterocycles. The van der Waals surface area contributed by atoms with E-state index in [9.17, 15) is 0 Å². The molecule has 0 unspecified atom stereocenters. The first-order valence-corrected chi connectivity index (χ1v) is 9.31. The summed E-state index contributed by atoms with van der Waals surface area (Å²) in [4.78, 5) is 11.9. The molecule has 138 valence electrons. The Morgan fingerprint density at radius 2 is 1.59 bits per heavy atom. The van der Waals surface area contributed by atoms with Crippen LogP contribution < -0.4 is 10.2 Å². The Balaban J connectivity index is 1.75. The molecule has 4 rings (SSSR count). The van der Waals surface area contributed by atoms with Gasteiger partial charge in [-0.15, -0.1) is 0 Å². The summed E-state index contributed by atoms with van der Waals surface area (Å²) in [5.74, 6) is 1.55. The molecule has 0 spiro atoms. The van der Waals surface area contributed by atoms with E-state index in [0.29, 0.717) is 5.95 Å². The van der Waals surface area contributed by atoms with Crippen molar-refractivity contribution in [3.63, 3.8) is 0 Å². The number of para-hydroxylation sites is 1. The number of morpholine rings is 1. The topological polar surface area (TPSA) is 50.3 Å². The lowest BCUT2D eigenvalue weighted by atomic mass is 10.1. The minimum absolute atomic E-state index is 0.621. The number of hydrogen-bond acceptors (Lipinski definition) is 5. The summed E-state index contributed by atoms with van der Waals surface area (Å²) < 4.78 is 5.49. The van der Waals surface area contributed by atoms with Crippen molar-refractivity contribution < 1.29 is 4.74 Å². The molecule has 1 fully saturated rings. The van der Waals surface area contributed by atoms with Crippen molar-refractivity contribution in [1.29, 1.82) is 0 Å². The molecule has 0 aliphatic carbocycles. The maximum Gasteiger partial charge on any atom is 0.229 e. The van der Waals surface area contributed by atoms with Crippen LogP contribution in [0.3, 0.4) is 0 Å². The molecule has 0 radical (unpaired) electrons.